The summed E-state index contributed by atoms with van der Waals surface area (Å²) < 4.78 is 81.4. The molecule has 2 aromatic carbocycles. The van der Waals surface area contributed by atoms with Gasteiger partial charge >= 0.3 is 12.4 Å². The van der Waals surface area contributed by atoms with Crippen molar-refractivity contribution in [3.05, 3.63) is 112 Å². The van der Waals surface area contributed by atoms with Crippen LogP contribution in [-0.4, -0.2) is 39.0 Å². The average Bonchev–Trinajstić information content (AvgIpc) is 3.35. The molecule has 1 amide bonds. The molecule has 1 aliphatic rings. The summed E-state index contributed by atoms with van der Waals surface area (Å²) in [5.74, 6) is -0.498. The number of aliphatic hydroxyl groups is 1. The second-order valence-electron chi connectivity index (χ2n) is 9.75. The van der Waals surface area contributed by atoms with Crippen LogP contribution in [0.5, 0.6) is 0 Å². The number of rotatable bonds is 4. The van der Waals surface area contributed by atoms with Crippen molar-refractivity contribution in [2.24, 2.45) is 0 Å². The number of hydrogen-bond acceptors (Lipinski definition) is 4. The molecule has 12 heteroatoms. The fourth-order valence-electron chi connectivity index (χ4n) is 4.88. The van der Waals surface area contributed by atoms with Gasteiger partial charge in [-0.05, 0) is 71.1 Å². The van der Waals surface area contributed by atoms with Gasteiger partial charge in [0.15, 0.2) is 0 Å². The van der Waals surface area contributed by atoms with Gasteiger partial charge in [0.25, 0.3) is 5.91 Å². The van der Waals surface area contributed by atoms with Crippen molar-refractivity contribution in [1.82, 2.24) is 14.9 Å². The lowest BCUT2D eigenvalue weighted by Crippen LogP contribution is -2.34. The fraction of sp³-hybridized carbons (Fsp3) is 0.207. The molecule has 0 spiro atoms. The summed E-state index contributed by atoms with van der Waals surface area (Å²) in [6, 6.07) is 11.0. The van der Waals surface area contributed by atoms with Crippen LogP contribution in [0, 0.1) is 0 Å². The zero-order valence-electron chi connectivity index (χ0n) is 21.1. The van der Waals surface area contributed by atoms with Gasteiger partial charge in [0, 0.05) is 42.3 Å². The van der Waals surface area contributed by atoms with Crippen molar-refractivity contribution < 1.29 is 36.2 Å². The number of pyridine rings is 2. The van der Waals surface area contributed by atoms with Crippen LogP contribution in [0.1, 0.15) is 33.5 Å². The number of aromatic nitrogens is 2. The molecule has 212 valence electrons. The smallest absolute Gasteiger partial charge is 0.383 e. The topological polar surface area (TPSA) is 86.3 Å². The molecule has 1 aliphatic heterocycles. The Morgan fingerprint density at radius 3 is 2.20 bits per heavy atom. The number of hydrogen-bond donors (Lipinski definition) is 2. The van der Waals surface area contributed by atoms with Crippen LogP contribution in [0.4, 0.5) is 26.3 Å². The highest BCUT2D eigenvalue weighted by molar-refractivity contribution is 5.98. The quantitative estimate of drug-likeness (QED) is 0.299. The van der Waals surface area contributed by atoms with E-state index in [1.807, 2.05) is 0 Å². The summed E-state index contributed by atoms with van der Waals surface area (Å²) in [6.07, 6.45) is -5.56. The van der Waals surface area contributed by atoms with E-state index in [1.165, 1.54) is 41.6 Å². The third-order valence-corrected chi connectivity index (χ3v) is 6.99. The molecule has 3 heterocycles. The monoisotopic (exact) mass is 573 g/mol. The van der Waals surface area contributed by atoms with Crippen molar-refractivity contribution in [2.45, 2.75) is 24.4 Å². The molecule has 1 unspecified atom stereocenters. The van der Waals surface area contributed by atoms with Gasteiger partial charge in [-0.1, -0.05) is 12.1 Å². The number of H-pyrrole nitrogens is 1. The molecule has 2 N–H and O–H groups in total. The fourth-order valence-corrected chi connectivity index (χ4v) is 4.88. The first-order chi connectivity index (χ1) is 19.2. The molecule has 0 saturated carbocycles. The van der Waals surface area contributed by atoms with Gasteiger partial charge < -0.3 is 15.0 Å². The van der Waals surface area contributed by atoms with E-state index in [-0.39, 0.29) is 53.4 Å². The van der Waals surface area contributed by atoms with Crippen molar-refractivity contribution in [1.29, 1.82) is 0 Å². The minimum Gasteiger partial charge on any atom is -0.383 e. The number of carbonyl (C=O) groups excluding carboxylic acids is 1. The van der Waals surface area contributed by atoms with Crippen LogP contribution in [0.15, 0.2) is 84.0 Å². The van der Waals surface area contributed by atoms with E-state index in [2.05, 4.69) is 9.97 Å². The van der Waals surface area contributed by atoms with Gasteiger partial charge in [-0.15, -0.1) is 0 Å². The van der Waals surface area contributed by atoms with Crippen LogP contribution in [-0.2, 0) is 18.0 Å². The molecule has 0 radical (unpaired) electrons. The first-order valence-electron chi connectivity index (χ1n) is 12.3. The Morgan fingerprint density at radius 2 is 1.61 bits per heavy atom. The maximum atomic E-state index is 13.6. The number of halogens is 6. The molecule has 1 fully saturated rings. The van der Waals surface area contributed by atoms with Crippen molar-refractivity contribution in [2.75, 3.05) is 13.1 Å². The zero-order valence-corrected chi connectivity index (χ0v) is 21.1. The number of alkyl halides is 6. The van der Waals surface area contributed by atoms with E-state index < -0.39 is 40.5 Å². The molecule has 5 rings (SSSR count). The standard InChI is InChI=1S/C29H21F6N3O3/c30-28(31,32)21-10-19(11-22(13-21)29(33,34)35)23-5-3-17(12-24(23)18-4-6-25(39)37-14-18)26(40)38-9-7-27(41,16-38)20-2-1-8-36-15-20/h1-6,8,10-15,41H,7,9,16H2,(H,37,39). The van der Waals surface area contributed by atoms with Crippen LogP contribution in [0.3, 0.4) is 0 Å². The van der Waals surface area contributed by atoms with E-state index in [1.54, 1.807) is 18.3 Å². The highest BCUT2D eigenvalue weighted by Crippen LogP contribution is 2.41. The number of carbonyl (C=O) groups is 1. The number of nitrogens with zero attached hydrogens (tertiary/aromatic N) is 2. The van der Waals surface area contributed by atoms with E-state index in [0.717, 1.165) is 6.07 Å². The number of amides is 1. The molecule has 6 nitrogen and oxygen atoms in total. The van der Waals surface area contributed by atoms with Crippen LogP contribution in [0.2, 0.25) is 0 Å². The number of likely N-dealkylation sites (tertiary alicyclic amines) is 1. The van der Waals surface area contributed by atoms with Gasteiger partial charge in [0.2, 0.25) is 5.56 Å². The van der Waals surface area contributed by atoms with Gasteiger partial charge in [-0.3, -0.25) is 14.6 Å². The summed E-state index contributed by atoms with van der Waals surface area (Å²) >= 11 is 0. The second-order valence-corrected chi connectivity index (χ2v) is 9.75. The first kappa shape index (κ1) is 28.1. The maximum Gasteiger partial charge on any atom is 0.416 e. The Labute approximate surface area is 228 Å². The molecular formula is C29H21F6N3O3. The summed E-state index contributed by atoms with van der Waals surface area (Å²) in [5.41, 5.74) is -4.17. The Kier molecular flexibility index (Phi) is 6.98. The van der Waals surface area contributed by atoms with Gasteiger partial charge in [0.05, 0.1) is 17.7 Å². The Hall–Kier alpha value is -4.45. The Morgan fingerprint density at radius 1 is 0.902 bits per heavy atom. The summed E-state index contributed by atoms with van der Waals surface area (Å²) in [4.78, 5) is 33.0. The lowest BCUT2D eigenvalue weighted by atomic mass is 9.91. The molecule has 1 atom stereocenters. The Bertz CT molecular complexity index is 1610. The Balaban J connectivity index is 1.59. The molecule has 0 bridgehead atoms. The lowest BCUT2D eigenvalue weighted by Gasteiger charge is -2.24. The minimum atomic E-state index is -5.05. The van der Waals surface area contributed by atoms with Gasteiger partial charge in [0.1, 0.15) is 5.60 Å². The number of aromatic amines is 1. The lowest BCUT2D eigenvalue weighted by molar-refractivity contribution is -0.143. The third-order valence-electron chi connectivity index (χ3n) is 6.99. The molecular weight excluding hydrogens is 552 g/mol. The molecule has 0 aliphatic carbocycles. The SMILES string of the molecule is O=C(c1ccc(-c2cc(C(F)(F)F)cc(C(F)(F)F)c2)c(-c2ccc(=O)[nH]c2)c1)N1CCC(O)(c2cccnc2)C1. The van der Waals surface area contributed by atoms with E-state index in [0.29, 0.717) is 17.7 Å². The highest BCUT2D eigenvalue weighted by Gasteiger charge is 2.40. The molecule has 1 saturated heterocycles. The van der Waals surface area contributed by atoms with Crippen LogP contribution >= 0.6 is 0 Å². The van der Waals surface area contributed by atoms with E-state index in [9.17, 15) is 41.0 Å². The van der Waals surface area contributed by atoms with Gasteiger partial charge in [-0.25, -0.2) is 0 Å². The first-order valence-corrected chi connectivity index (χ1v) is 12.3. The number of benzene rings is 2. The second kappa shape index (κ2) is 10.2. The van der Waals surface area contributed by atoms with Crippen molar-refractivity contribution >= 4 is 5.91 Å². The van der Waals surface area contributed by atoms with E-state index in [4.69, 9.17) is 0 Å². The molecule has 41 heavy (non-hydrogen) atoms. The predicted molar refractivity (Wildman–Crippen MR) is 137 cm³/mol. The number of nitrogens with one attached hydrogen (secondary N) is 1. The normalized spacial score (nSPS) is 17.6. The average molecular weight is 573 g/mol. The van der Waals surface area contributed by atoms with Crippen LogP contribution < -0.4 is 5.56 Å². The largest absolute Gasteiger partial charge is 0.416 e. The zero-order chi connectivity index (χ0) is 29.6. The molecule has 4 aromatic rings. The summed E-state index contributed by atoms with van der Waals surface area (Å²) in [5, 5.41) is 11.1. The van der Waals surface area contributed by atoms with Crippen molar-refractivity contribution in [3.63, 3.8) is 0 Å². The summed E-state index contributed by atoms with van der Waals surface area (Å²) in [6.45, 7) is 0.151. The van der Waals surface area contributed by atoms with Gasteiger partial charge in [-0.2, -0.15) is 26.3 Å². The highest BCUT2D eigenvalue weighted by atomic mass is 19.4. The van der Waals surface area contributed by atoms with Crippen LogP contribution in [0.25, 0.3) is 22.3 Å². The minimum absolute atomic E-state index is 0.0153. The summed E-state index contributed by atoms with van der Waals surface area (Å²) in [7, 11) is 0. The molecule has 2 aromatic heterocycles. The maximum absolute atomic E-state index is 13.6. The predicted octanol–water partition coefficient (Wildman–Crippen LogP) is 5.88. The van der Waals surface area contributed by atoms with Crippen molar-refractivity contribution in [3.8, 4) is 22.3 Å². The van der Waals surface area contributed by atoms with E-state index >= 15 is 0 Å². The third kappa shape index (κ3) is 5.73. The number of β-amino-alcohol motifs (C(OH)–C–C–N with tert-alkyl or cyclic N) is 1.